The molecule has 0 saturated carbocycles. The zero-order valence-electron chi connectivity index (χ0n) is 10.3. The van der Waals surface area contributed by atoms with Gasteiger partial charge in [-0.2, -0.15) is 0 Å². The van der Waals surface area contributed by atoms with Crippen LogP contribution in [0, 0.1) is 0 Å². The van der Waals surface area contributed by atoms with Crippen LogP contribution < -0.4 is 8.92 Å². The summed E-state index contributed by atoms with van der Waals surface area (Å²) in [5.74, 6) is 0.384. The molecule has 0 aliphatic carbocycles. The second-order valence-corrected chi connectivity index (χ2v) is 7.02. The van der Waals surface area contributed by atoms with E-state index in [1.807, 2.05) is 12.1 Å². The van der Waals surface area contributed by atoms with Crippen molar-refractivity contribution in [2.24, 2.45) is 0 Å². The quantitative estimate of drug-likeness (QED) is 0.493. The molecule has 0 atom stereocenters. The Morgan fingerprint density at radius 1 is 0.789 bits per heavy atom. The van der Waals surface area contributed by atoms with Gasteiger partial charge < -0.3 is 0 Å². The second kappa shape index (κ2) is 4.12. The van der Waals surface area contributed by atoms with E-state index in [-0.39, 0.29) is 0 Å². The van der Waals surface area contributed by atoms with Crippen molar-refractivity contribution < 1.29 is 5.11 Å². The SMILES string of the molecule is Oc1cccc2c3c(ccc12)Cc1ccccc1[Se]3. The van der Waals surface area contributed by atoms with Crippen LogP contribution in [0.4, 0.5) is 0 Å². The standard InChI is InChI=1S/C17H12OSe/c18-15-6-3-5-14-13(15)9-8-12-10-11-4-1-2-7-16(11)19-17(12)14/h1-9,18H,10H2. The molecular formula is C17H12OSe. The van der Waals surface area contributed by atoms with Gasteiger partial charge in [0.25, 0.3) is 0 Å². The molecule has 92 valence electrons. The Balaban J connectivity index is 1.99. The Bertz CT molecular complexity index is 792. The van der Waals surface area contributed by atoms with Gasteiger partial charge >= 0.3 is 118 Å². The average molecular weight is 311 g/mol. The van der Waals surface area contributed by atoms with E-state index >= 15 is 0 Å². The molecule has 0 fully saturated rings. The van der Waals surface area contributed by atoms with Gasteiger partial charge in [0.05, 0.1) is 0 Å². The van der Waals surface area contributed by atoms with Gasteiger partial charge in [0.2, 0.25) is 0 Å². The third kappa shape index (κ3) is 1.68. The number of benzene rings is 3. The Labute approximate surface area is 118 Å². The summed E-state index contributed by atoms with van der Waals surface area (Å²) in [7, 11) is 0. The third-order valence-electron chi connectivity index (χ3n) is 3.64. The molecule has 1 aliphatic rings. The third-order valence-corrected chi connectivity index (χ3v) is 6.37. The predicted molar refractivity (Wildman–Crippen MR) is 79.9 cm³/mol. The van der Waals surface area contributed by atoms with E-state index in [1.54, 1.807) is 6.07 Å². The van der Waals surface area contributed by atoms with Crippen molar-refractivity contribution in [1.29, 1.82) is 0 Å². The van der Waals surface area contributed by atoms with Crippen LogP contribution in [0.25, 0.3) is 10.8 Å². The van der Waals surface area contributed by atoms with Crippen LogP contribution in [-0.2, 0) is 6.42 Å². The first kappa shape index (κ1) is 11.1. The number of fused-ring (bicyclic) bond motifs is 4. The first-order valence-corrected chi connectivity index (χ1v) is 8.03. The first-order valence-electron chi connectivity index (χ1n) is 6.32. The van der Waals surface area contributed by atoms with E-state index < -0.39 is 0 Å². The van der Waals surface area contributed by atoms with Gasteiger partial charge in [-0.1, -0.05) is 0 Å². The zero-order valence-corrected chi connectivity index (χ0v) is 12.0. The monoisotopic (exact) mass is 312 g/mol. The van der Waals surface area contributed by atoms with Crippen molar-refractivity contribution >= 4 is 34.7 Å². The van der Waals surface area contributed by atoms with Crippen LogP contribution >= 0.6 is 0 Å². The molecule has 4 rings (SSSR count). The zero-order chi connectivity index (χ0) is 12.8. The molecule has 0 radical (unpaired) electrons. The molecule has 0 aromatic heterocycles. The van der Waals surface area contributed by atoms with Crippen molar-refractivity contribution in [1.82, 2.24) is 0 Å². The van der Waals surface area contributed by atoms with Crippen LogP contribution in [0.15, 0.2) is 54.6 Å². The fourth-order valence-corrected chi connectivity index (χ4v) is 5.19. The van der Waals surface area contributed by atoms with Gasteiger partial charge in [-0.05, 0) is 0 Å². The fraction of sp³-hybridized carbons (Fsp3) is 0.0588. The molecule has 2 heteroatoms. The molecule has 1 nitrogen and oxygen atoms in total. The minimum absolute atomic E-state index is 0.331. The summed E-state index contributed by atoms with van der Waals surface area (Å²) >= 11 is 0.331. The van der Waals surface area contributed by atoms with Crippen LogP contribution in [0.3, 0.4) is 0 Å². The Morgan fingerprint density at radius 2 is 1.68 bits per heavy atom. The van der Waals surface area contributed by atoms with Gasteiger partial charge in [0.15, 0.2) is 0 Å². The van der Waals surface area contributed by atoms with Gasteiger partial charge in [0, 0.05) is 0 Å². The Kier molecular flexibility index (Phi) is 2.41. The van der Waals surface area contributed by atoms with E-state index in [2.05, 4.69) is 36.4 Å². The summed E-state index contributed by atoms with van der Waals surface area (Å²) in [5.41, 5.74) is 2.87. The van der Waals surface area contributed by atoms with Crippen LogP contribution in [-0.4, -0.2) is 20.1 Å². The molecule has 1 aliphatic heterocycles. The fourth-order valence-electron chi connectivity index (χ4n) is 2.68. The molecule has 0 unspecified atom stereocenters. The average Bonchev–Trinajstić information content (AvgIpc) is 2.45. The molecular weight excluding hydrogens is 299 g/mol. The maximum atomic E-state index is 9.97. The number of phenols is 1. The van der Waals surface area contributed by atoms with Gasteiger partial charge in [-0.25, -0.2) is 0 Å². The number of phenolic OH excluding ortho intramolecular Hbond substituents is 1. The molecule has 0 spiro atoms. The molecule has 0 amide bonds. The second-order valence-electron chi connectivity index (χ2n) is 4.81. The molecule has 0 saturated heterocycles. The van der Waals surface area contributed by atoms with Crippen molar-refractivity contribution in [3.05, 3.63) is 65.7 Å². The van der Waals surface area contributed by atoms with Crippen molar-refractivity contribution in [3.63, 3.8) is 0 Å². The number of hydrogen-bond donors (Lipinski definition) is 1. The summed E-state index contributed by atoms with van der Waals surface area (Å²) in [6.07, 6.45) is 1.01. The van der Waals surface area contributed by atoms with E-state index in [0.717, 1.165) is 11.8 Å². The summed E-state index contributed by atoms with van der Waals surface area (Å²) < 4.78 is 2.90. The summed E-state index contributed by atoms with van der Waals surface area (Å²) in [5, 5.41) is 12.2. The Hall–Kier alpha value is -1.76. The normalized spacial score (nSPS) is 13.1. The van der Waals surface area contributed by atoms with E-state index in [0.29, 0.717) is 20.7 Å². The number of aromatic hydroxyl groups is 1. The van der Waals surface area contributed by atoms with Gasteiger partial charge in [-0.15, -0.1) is 0 Å². The van der Waals surface area contributed by atoms with Crippen LogP contribution in [0.2, 0.25) is 0 Å². The maximum absolute atomic E-state index is 9.97. The molecule has 19 heavy (non-hydrogen) atoms. The van der Waals surface area contributed by atoms with E-state index in [4.69, 9.17) is 0 Å². The van der Waals surface area contributed by atoms with Crippen LogP contribution in [0.1, 0.15) is 11.1 Å². The predicted octanol–water partition coefficient (Wildman–Crippen LogP) is 2.10. The topological polar surface area (TPSA) is 20.2 Å². The molecule has 3 aromatic rings. The van der Waals surface area contributed by atoms with Crippen molar-refractivity contribution in [2.75, 3.05) is 0 Å². The van der Waals surface area contributed by atoms with Gasteiger partial charge in [-0.3, -0.25) is 0 Å². The van der Waals surface area contributed by atoms with Crippen LogP contribution in [0.5, 0.6) is 5.75 Å². The minimum atomic E-state index is 0.331. The molecule has 0 bridgehead atoms. The summed E-state index contributed by atoms with van der Waals surface area (Å²) in [6.45, 7) is 0. The molecule has 1 N–H and O–H groups in total. The van der Waals surface area contributed by atoms with Crippen molar-refractivity contribution in [3.8, 4) is 5.75 Å². The number of hydrogen-bond acceptors (Lipinski definition) is 1. The first-order chi connectivity index (χ1) is 9.33. The van der Waals surface area contributed by atoms with E-state index in [1.165, 1.54) is 25.4 Å². The molecule has 3 aromatic carbocycles. The number of rotatable bonds is 0. The van der Waals surface area contributed by atoms with Crippen molar-refractivity contribution in [2.45, 2.75) is 6.42 Å². The molecule has 1 heterocycles. The Morgan fingerprint density at radius 3 is 2.63 bits per heavy atom. The summed E-state index contributed by atoms with van der Waals surface area (Å²) in [6, 6.07) is 18.8. The summed E-state index contributed by atoms with van der Waals surface area (Å²) in [4.78, 5) is 0. The van der Waals surface area contributed by atoms with E-state index in [9.17, 15) is 5.11 Å². The van der Waals surface area contributed by atoms with Gasteiger partial charge in [0.1, 0.15) is 0 Å².